The fraction of sp³-hybridized carbons (Fsp3) is 0.438. The number of thiophene rings is 1. The van der Waals surface area contributed by atoms with E-state index in [1.54, 1.807) is 17.8 Å². The van der Waals surface area contributed by atoms with E-state index in [0.717, 1.165) is 4.88 Å². The van der Waals surface area contributed by atoms with E-state index in [4.69, 9.17) is 9.26 Å². The predicted molar refractivity (Wildman–Crippen MR) is 97.7 cm³/mol. The number of hydrogen-bond acceptors (Lipinski definition) is 8. The van der Waals surface area contributed by atoms with E-state index in [-0.39, 0.29) is 30.5 Å². The average Bonchev–Trinajstić information content (AvgIpc) is 3.41. The smallest absolute Gasteiger partial charge is 0.257 e. The third-order valence-corrected chi connectivity index (χ3v) is 7.16. The van der Waals surface area contributed by atoms with Crippen LogP contribution in [-0.2, 0) is 21.3 Å². The van der Waals surface area contributed by atoms with Crippen LogP contribution in [0.5, 0.6) is 0 Å². The normalized spacial score (nSPS) is 18.8. The van der Waals surface area contributed by atoms with Crippen molar-refractivity contribution in [3.8, 4) is 10.7 Å². The summed E-state index contributed by atoms with van der Waals surface area (Å²) in [7, 11) is -3.68. The molecule has 3 aromatic rings. The molecule has 0 bridgehead atoms. The number of ether oxygens (including phenoxy) is 1. The van der Waals surface area contributed by atoms with Gasteiger partial charge in [0.05, 0.1) is 17.2 Å². The van der Waals surface area contributed by atoms with Crippen LogP contribution in [0.1, 0.15) is 24.6 Å². The van der Waals surface area contributed by atoms with Gasteiger partial charge >= 0.3 is 0 Å². The van der Waals surface area contributed by atoms with Crippen LogP contribution in [-0.4, -0.2) is 52.3 Å². The van der Waals surface area contributed by atoms with Gasteiger partial charge in [-0.1, -0.05) is 11.2 Å². The highest BCUT2D eigenvalue weighted by molar-refractivity contribution is 7.89. The molecule has 1 aliphatic heterocycles. The van der Waals surface area contributed by atoms with Crippen molar-refractivity contribution in [1.82, 2.24) is 24.2 Å². The number of nitrogens with zero attached hydrogens (tertiary/aromatic N) is 5. The molecule has 1 atom stereocenters. The Morgan fingerprint density at radius 1 is 1.41 bits per heavy atom. The fourth-order valence-electron chi connectivity index (χ4n) is 2.92. The molecule has 1 saturated heterocycles. The lowest BCUT2D eigenvalue weighted by atomic mass is 10.3. The zero-order chi connectivity index (χ0) is 19.0. The summed E-state index contributed by atoms with van der Waals surface area (Å²) in [5.74, 6) is 0.753. The highest BCUT2D eigenvalue weighted by Crippen LogP contribution is 2.29. The zero-order valence-electron chi connectivity index (χ0n) is 14.9. The summed E-state index contributed by atoms with van der Waals surface area (Å²) < 4.78 is 40.1. The second-order valence-electron chi connectivity index (χ2n) is 6.09. The van der Waals surface area contributed by atoms with Crippen molar-refractivity contribution >= 4 is 21.4 Å². The number of morpholine rings is 1. The van der Waals surface area contributed by atoms with Crippen LogP contribution in [0.2, 0.25) is 0 Å². The number of aryl methyl sites for hydroxylation is 2. The SMILES string of the molecule is CCn1cc(S(=O)(=O)N2CCO[C@H](c3nc(-c4cccs4)no3)C2)c(C)n1. The average molecular weight is 409 g/mol. The number of aromatic nitrogens is 4. The molecule has 144 valence electrons. The van der Waals surface area contributed by atoms with Crippen molar-refractivity contribution in [2.24, 2.45) is 0 Å². The monoisotopic (exact) mass is 409 g/mol. The first-order chi connectivity index (χ1) is 13.0. The highest BCUT2D eigenvalue weighted by Gasteiger charge is 2.35. The lowest BCUT2D eigenvalue weighted by molar-refractivity contribution is -0.0199. The molecule has 0 aliphatic carbocycles. The Morgan fingerprint density at radius 3 is 2.96 bits per heavy atom. The van der Waals surface area contributed by atoms with E-state index in [9.17, 15) is 8.42 Å². The quantitative estimate of drug-likeness (QED) is 0.635. The Kier molecular flexibility index (Phi) is 4.84. The molecule has 1 fully saturated rings. The van der Waals surface area contributed by atoms with E-state index in [1.807, 2.05) is 24.4 Å². The molecule has 11 heteroatoms. The third-order valence-electron chi connectivity index (χ3n) is 4.33. The van der Waals surface area contributed by atoms with Gasteiger partial charge in [0.15, 0.2) is 6.10 Å². The van der Waals surface area contributed by atoms with Crippen LogP contribution in [0.4, 0.5) is 0 Å². The minimum absolute atomic E-state index is 0.116. The van der Waals surface area contributed by atoms with Gasteiger partial charge in [-0.25, -0.2) is 8.42 Å². The summed E-state index contributed by atoms with van der Waals surface area (Å²) in [5.41, 5.74) is 0.484. The Morgan fingerprint density at radius 2 is 2.26 bits per heavy atom. The Hall–Kier alpha value is -2.08. The molecule has 4 heterocycles. The lowest BCUT2D eigenvalue weighted by Gasteiger charge is -2.30. The standard InChI is InChI=1S/C16H19N5O4S2/c1-3-20-10-14(11(2)18-20)27(22,23)21-6-7-24-12(9-21)16-17-15(19-25-16)13-5-4-8-26-13/h4-5,8,10,12H,3,6-7,9H2,1-2H3/t12-/m0/s1. The molecule has 0 aromatic carbocycles. The number of hydrogen-bond donors (Lipinski definition) is 0. The van der Waals surface area contributed by atoms with Crippen LogP contribution in [0, 0.1) is 6.92 Å². The van der Waals surface area contributed by atoms with Crippen molar-refractivity contribution < 1.29 is 17.7 Å². The molecule has 27 heavy (non-hydrogen) atoms. The van der Waals surface area contributed by atoms with Gasteiger partial charge in [0.2, 0.25) is 15.8 Å². The van der Waals surface area contributed by atoms with Gasteiger partial charge in [-0.05, 0) is 25.3 Å². The van der Waals surface area contributed by atoms with Crippen LogP contribution in [0.15, 0.2) is 33.1 Å². The minimum atomic E-state index is -3.68. The van der Waals surface area contributed by atoms with Gasteiger partial charge in [-0.15, -0.1) is 11.3 Å². The first-order valence-electron chi connectivity index (χ1n) is 8.52. The van der Waals surface area contributed by atoms with Gasteiger partial charge in [0.1, 0.15) is 4.90 Å². The van der Waals surface area contributed by atoms with E-state index >= 15 is 0 Å². The molecule has 0 amide bonds. The van der Waals surface area contributed by atoms with Gasteiger partial charge in [-0.3, -0.25) is 4.68 Å². The van der Waals surface area contributed by atoms with Crippen molar-refractivity contribution in [1.29, 1.82) is 0 Å². The maximum atomic E-state index is 13.1. The van der Waals surface area contributed by atoms with E-state index in [1.165, 1.54) is 15.6 Å². The van der Waals surface area contributed by atoms with Crippen LogP contribution < -0.4 is 0 Å². The molecule has 0 spiro atoms. The molecular formula is C16H19N5O4S2. The molecule has 0 unspecified atom stereocenters. The van der Waals surface area contributed by atoms with Crippen molar-refractivity contribution in [3.05, 3.63) is 35.3 Å². The van der Waals surface area contributed by atoms with Crippen LogP contribution >= 0.6 is 11.3 Å². The zero-order valence-corrected chi connectivity index (χ0v) is 16.5. The summed E-state index contributed by atoms with van der Waals surface area (Å²) in [5, 5.41) is 10.1. The Labute approximate surface area is 160 Å². The molecule has 0 saturated carbocycles. The predicted octanol–water partition coefficient (Wildman–Crippen LogP) is 2.09. The minimum Gasteiger partial charge on any atom is -0.366 e. The van der Waals surface area contributed by atoms with Crippen molar-refractivity contribution in [3.63, 3.8) is 0 Å². The van der Waals surface area contributed by atoms with Gasteiger partial charge < -0.3 is 9.26 Å². The summed E-state index contributed by atoms with van der Waals surface area (Å²) >= 11 is 1.50. The van der Waals surface area contributed by atoms with Crippen molar-refractivity contribution in [2.75, 3.05) is 19.7 Å². The maximum absolute atomic E-state index is 13.1. The molecule has 1 aliphatic rings. The topological polar surface area (TPSA) is 103 Å². The first kappa shape index (κ1) is 18.3. The fourth-order valence-corrected chi connectivity index (χ4v) is 5.16. The molecule has 9 nitrogen and oxygen atoms in total. The summed E-state index contributed by atoms with van der Waals surface area (Å²) in [6, 6.07) is 3.80. The maximum Gasteiger partial charge on any atom is 0.257 e. The van der Waals surface area contributed by atoms with Crippen LogP contribution in [0.25, 0.3) is 10.7 Å². The largest absolute Gasteiger partial charge is 0.366 e. The first-order valence-corrected chi connectivity index (χ1v) is 10.8. The lowest BCUT2D eigenvalue weighted by Crippen LogP contribution is -2.42. The molecule has 3 aromatic heterocycles. The van der Waals surface area contributed by atoms with E-state index < -0.39 is 16.1 Å². The van der Waals surface area contributed by atoms with Gasteiger partial charge in [0, 0.05) is 25.8 Å². The van der Waals surface area contributed by atoms with E-state index in [0.29, 0.717) is 18.1 Å². The van der Waals surface area contributed by atoms with E-state index in [2.05, 4.69) is 15.2 Å². The molecule has 0 N–H and O–H groups in total. The summed E-state index contributed by atoms with van der Waals surface area (Å²) in [4.78, 5) is 5.47. The Bertz CT molecular complexity index is 1030. The van der Waals surface area contributed by atoms with Gasteiger partial charge in [-0.2, -0.15) is 14.4 Å². The van der Waals surface area contributed by atoms with Gasteiger partial charge in [0.25, 0.3) is 5.89 Å². The summed E-state index contributed by atoms with van der Waals surface area (Å²) in [6.07, 6.45) is 0.966. The summed E-state index contributed by atoms with van der Waals surface area (Å²) in [6.45, 7) is 4.85. The highest BCUT2D eigenvalue weighted by atomic mass is 32.2. The molecule has 4 rings (SSSR count). The third kappa shape index (κ3) is 3.43. The molecule has 0 radical (unpaired) electrons. The number of sulfonamides is 1. The Balaban J connectivity index is 1.56. The second-order valence-corrected chi connectivity index (χ2v) is 8.94. The number of rotatable bonds is 5. The van der Waals surface area contributed by atoms with Crippen molar-refractivity contribution in [2.45, 2.75) is 31.4 Å². The van der Waals surface area contributed by atoms with Crippen LogP contribution in [0.3, 0.4) is 0 Å². The second kappa shape index (κ2) is 7.15. The molecular weight excluding hydrogens is 390 g/mol.